The normalized spacial score (nSPS) is 14.1. The van der Waals surface area contributed by atoms with Crippen molar-refractivity contribution in [3.63, 3.8) is 0 Å². The third-order valence-corrected chi connectivity index (χ3v) is 7.26. The first kappa shape index (κ1) is 28.5. The Hall–Kier alpha value is 0.258. The van der Waals surface area contributed by atoms with Crippen molar-refractivity contribution in [1.29, 1.82) is 0 Å². The largest absolute Gasteiger partial charge is 2.00 e. The van der Waals surface area contributed by atoms with E-state index in [9.17, 15) is 0 Å². The molecule has 1 heterocycles. The van der Waals surface area contributed by atoms with Crippen LogP contribution in [0.5, 0.6) is 0 Å². The Balaban J connectivity index is -0.00000144. The Morgan fingerprint density at radius 1 is 0.808 bits per heavy atom. The number of nitrogens with zero attached hydrogens (tertiary/aromatic N) is 2. The van der Waals surface area contributed by atoms with E-state index in [1.807, 2.05) is 0 Å². The summed E-state index contributed by atoms with van der Waals surface area (Å²) in [7, 11) is -0.337. The third kappa shape index (κ3) is 6.41. The molecule has 0 fully saturated rings. The van der Waals surface area contributed by atoms with Crippen molar-refractivity contribution in [2.45, 2.75) is 72.6 Å². The Morgan fingerprint density at radius 3 is 1.62 bits per heavy atom. The predicted octanol–water partition coefficient (Wildman–Crippen LogP) is 0.570. The summed E-state index contributed by atoms with van der Waals surface area (Å²) in [6.45, 7) is 23.0. The van der Waals surface area contributed by atoms with Crippen molar-refractivity contribution in [3.05, 3.63) is 47.9 Å². The van der Waals surface area contributed by atoms with Crippen molar-refractivity contribution < 1.29 is 47.3 Å². The standard InChI is InChI=1S/C20H32N2P.2ClH.Pt.H2/c1-15-12-16(2)18(17(3)13-15)21-10-11-22(14-21)23(19(4,5)6)20(7,8)9;;;;/h10-14H,1-9H3;2*1H;;1H/q;;;+2;/p-2. The molecule has 0 spiro atoms. The monoisotopic (exact) mass is 598 g/mol. The minimum Gasteiger partial charge on any atom is -1.00 e. The predicted molar refractivity (Wildman–Crippen MR) is 107 cm³/mol. The van der Waals surface area contributed by atoms with Gasteiger partial charge in [0.25, 0.3) is 0 Å². The molecule has 0 unspecified atom stereocenters. The molecule has 0 bridgehead atoms. The molecule has 0 saturated carbocycles. The van der Waals surface area contributed by atoms with Gasteiger partial charge < -0.3 is 34.4 Å². The number of hydrogen-bond acceptors (Lipinski definition) is 2. The smallest absolute Gasteiger partial charge is 1.00 e. The molecule has 1 radical (unpaired) electrons. The van der Waals surface area contributed by atoms with Gasteiger partial charge in [0.15, 0.2) is 0 Å². The van der Waals surface area contributed by atoms with Crippen LogP contribution in [-0.4, -0.2) is 15.0 Å². The van der Waals surface area contributed by atoms with Gasteiger partial charge in [-0.3, -0.25) is 0 Å². The summed E-state index contributed by atoms with van der Waals surface area (Å²) in [5.74, 6) is 0. The molecule has 2 nitrogen and oxygen atoms in total. The molecule has 1 aromatic rings. The van der Waals surface area contributed by atoms with Crippen molar-refractivity contribution in [2.75, 3.05) is 4.90 Å². The van der Waals surface area contributed by atoms with E-state index in [4.69, 9.17) is 0 Å². The van der Waals surface area contributed by atoms with Crippen LogP contribution in [0.2, 0.25) is 0 Å². The zero-order chi connectivity index (χ0) is 17.6. The Kier molecular flexibility index (Phi) is 11.1. The van der Waals surface area contributed by atoms with Gasteiger partial charge in [0.05, 0.1) is 0 Å². The molecule has 0 aliphatic carbocycles. The second kappa shape index (κ2) is 10.2. The molecule has 1 aliphatic rings. The van der Waals surface area contributed by atoms with Gasteiger partial charge >= 0.3 is 21.1 Å². The van der Waals surface area contributed by atoms with E-state index in [-0.39, 0.29) is 65.7 Å². The fourth-order valence-corrected chi connectivity index (χ4v) is 7.68. The zero-order valence-corrected chi connectivity index (χ0v) is 22.0. The molecular weight excluding hydrogens is 565 g/mol. The van der Waals surface area contributed by atoms with Crippen molar-refractivity contribution >= 4 is 13.8 Å². The van der Waals surface area contributed by atoms with E-state index in [0.29, 0.717) is 0 Å². The van der Waals surface area contributed by atoms with Crippen LogP contribution < -0.4 is 29.7 Å². The molecule has 1 aromatic carbocycles. The Labute approximate surface area is 190 Å². The number of rotatable bonds is 2. The second-order valence-electron chi connectivity index (χ2n) is 8.60. The molecule has 0 atom stereocenters. The van der Waals surface area contributed by atoms with Crippen LogP contribution in [0.1, 0.15) is 59.7 Å². The zero-order valence-electron chi connectivity index (χ0n) is 17.3. The summed E-state index contributed by atoms with van der Waals surface area (Å²) < 4.78 is 2.45. The molecule has 2 rings (SSSR count). The van der Waals surface area contributed by atoms with Gasteiger partial charge in [-0.15, -0.1) is 0 Å². The average Bonchev–Trinajstić information content (AvgIpc) is 2.71. The summed E-state index contributed by atoms with van der Waals surface area (Å²) in [6, 6.07) is 4.53. The van der Waals surface area contributed by atoms with Crippen molar-refractivity contribution in [2.24, 2.45) is 0 Å². The Bertz CT molecular complexity index is 590. The van der Waals surface area contributed by atoms with E-state index in [1.165, 1.54) is 22.4 Å². The van der Waals surface area contributed by atoms with Gasteiger partial charge in [-0.25, -0.2) is 0 Å². The summed E-state index contributed by atoms with van der Waals surface area (Å²) in [6.07, 6.45) is 4.46. The maximum absolute atomic E-state index is 2.45. The molecule has 26 heavy (non-hydrogen) atoms. The summed E-state index contributed by atoms with van der Waals surface area (Å²) in [5.41, 5.74) is 5.31. The van der Waals surface area contributed by atoms with E-state index >= 15 is 0 Å². The number of benzene rings is 1. The first-order valence-corrected chi connectivity index (χ1v) is 9.69. The first-order chi connectivity index (χ1) is 10.4. The molecule has 0 aromatic heterocycles. The van der Waals surface area contributed by atoms with E-state index in [1.54, 1.807) is 0 Å². The van der Waals surface area contributed by atoms with Crippen LogP contribution in [0.3, 0.4) is 0 Å². The van der Waals surface area contributed by atoms with Gasteiger partial charge in [0.1, 0.15) is 6.67 Å². The number of hydrogen-bond donors (Lipinski definition) is 0. The Morgan fingerprint density at radius 2 is 1.23 bits per heavy atom. The fourth-order valence-electron chi connectivity index (χ4n) is 3.87. The quantitative estimate of drug-likeness (QED) is 0.460. The van der Waals surface area contributed by atoms with Crippen LogP contribution in [0, 0.1) is 27.4 Å². The van der Waals surface area contributed by atoms with E-state index < -0.39 is 0 Å². The fraction of sp³-hybridized carbons (Fsp3) is 0.550. The van der Waals surface area contributed by atoms with Crippen LogP contribution in [-0.2, 0) is 21.1 Å². The van der Waals surface area contributed by atoms with Gasteiger partial charge in [-0.1, -0.05) is 59.2 Å². The molecule has 1 aliphatic heterocycles. The minimum absolute atomic E-state index is 0. The molecule has 6 heteroatoms. The number of anilines is 1. The molecule has 153 valence electrons. The first-order valence-electron chi connectivity index (χ1n) is 8.39. The van der Waals surface area contributed by atoms with Crippen molar-refractivity contribution in [1.82, 2.24) is 4.67 Å². The van der Waals surface area contributed by atoms with E-state index in [2.05, 4.69) is 103 Å². The minimum atomic E-state index is -0.337. The van der Waals surface area contributed by atoms with Gasteiger partial charge in [-0.2, -0.15) is 0 Å². The van der Waals surface area contributed by atoms with Crippen LogP contribution in [0.25, 0.3) is 0 Å². The summed E-state index contributed by atoms with van der Waals surface area (Å²) in [5, 5.41) is 0.531. The summed E-state index contributed by atoms with van der Waals surface area (Å²) in [4.78, 5) is 2.29. The SMILES string of the molecule is Cc1cc(C)c(N2[CH]N(P(C(C)(C)C)C(C)(C)C)C=C2)c(C)c1.[Cl-].[Cl-].[HH].[Pt+2]. The molecule has 0 saturated heterocycles. The number of aryl methyl sites for hydroxylation is 3. The third-order valence-electron chi connectivity index (χ3n) is 4.02. The maximum atomic E-state index is 2.45. The number of halogens is 2. The molecular formula is C20H34Cl2N2PPt. The second-order valence-corrected chi connectivity index (χ2v) is 12.4. The van der Waals surface area contributed by atoms with Gasteiger partial charge in [-0.05, 0) is 31.9 Å². The maximum Gasteiger partial charge on any atom is 2.00 e. The van der Waals surface area contributed by atoms with Gasteiger partial charge in [0, 0.05) is 37.9 Å². The van der Waals surface area contributed by atoms with Gasteiger partial charge in [0.2, 0.25) is 0 Å². The van der Waals surface area contributed by atoms with Crippen LogP contribution in [0.15, 0.2) is 24.5 Å². The topological polar surface area (TPSA) is 6.48 Å². The summed E-state index contributed by atoms with van der Waals surface area (Å²) >= 11 is 0. The van der Waals surface area contributed by atoms with E-state index in [0.717, 1.165) is 0 Å². The molecule has 0 N–H and O–H groups in total. The molecule has 0 amide bonds. The van der Waals surface area contributed by atoms with Crippen molar-refractivity contribution in [3.8, 4) is 0 Å². The average molecular weight is 599 g/mol. The van der Waals surface area contributed by atoms with Crippen LogP contribution >= 0.6 is 8.07 Å². The van der Waals surface area contributed by atoms with Crippen LogP contribution in [0.4, 0.5) is 5.69 Å².